The van der Waals surface area contributed by atoms with Crippen molar-refractivity contribution in [3.8, 4) is 5.75 Å². The minimum absolute atomic E-state index is 0.113. The molecular weight excluding hydrogens is 386 g/mol. The summed E-state index contributed by atoms with van der Waals surface area (Å²) in [7, 11) is 0. The molecule has 0 radical (unpaired) electrons. The summed E-state index contributed by atoms with van der Waals surface area (Å²) < 4.78 is 38.3. The van der Waals surface area contributed by atoms with Crippen LogP contribution in [0.2, 0.25) is 0 Å². The highest BCUT2D eigenvalue weighted by Gasteiger charge is 2.15. The standard InChI is InChI=1S/C19H14F2N4O2S/c1-10-3-4-11(2)16(5-10)26-8-17-24-25-19(27-17)28-18-12-6-13(20)14(21)7-15(12)22-9-23-18/h3-7,9H,8H2,1-2H3. The van der Waals surface area contributed by atoms with E-state index in [1.54, 1.807) is 0 Å². The lowest BCUT2D eigenvalue weighted by molar-refractivity contribution is 0.250. The van der Waals surface area contributed by atoms with Crippen LogP contribution >= 0.6 is 11.8 Å². The van der Waals surface area contributed by atoms with E-state index < -0.39 is 11.6 Å². The van der Waals surface area contributed by atoms with E-state index in [1.165, 1.54) is 6.33 Å². The SMILES string of the molecule is Cc1ccc(C)c(OCc2nnc(Sc3ncnc4cc(F)c(F)cc34)o2)c1. The maximum Gasteiger partial charge on any atom is 0.283 e. The van der Waals surface area contributed by atoms with Crippen molar-refractivity contribution >= 4 is 22.7 Å². The van der Waals surface area contributed by atoms with Gasteiger partial charge in [-0.2, -0.15) is 0 Å². The molecule has 2 aromatic carbocycles. The third-order valence-electron chi connectivity index (χ3n) is 3.97. The first-order valence-electron chi connectivity index (χ1n) is 8.29. The van der Waals surface area contributed by atoms with E-state index in [2.05, 4.69) is 20.2 Å². The fourth-order valence-corrected chi connectivity index (χ4v) is 3.29. The Morgan fingerprint density at radius 2 is 1.86 bits per heavy atom. The van der Waals surface area contributed by atoms with Crippen molar-refractivity contribution in [3.05, 3.63) is 65.3 Å². The van der Waals surface area contributed by atoms with Crippen LogP contribution in [-0.4, -0.2) is 20.2 Å². The van der Waals surface area contributed by atoms with Gasteiger partial charge < -0.3 is 9.15 Å². The third-order valence-corrected chi connectivity index (χ3v) is 4.83. The molecule has 0 amide bonds. The van der Waals surface area contributed by atoms with Crippen molar-refractivity contribution in [2.75, 3.05) is 0 Å². The van der Waals surface area contributed by atoms with E-state index in [-0.39, 0.29) is 17.3 Å². The number of fused-ring (bicyclic) bond motifs is 1. The Morgan fingerprint density at radius 1 is 1.04 bits per heavy atom. The molecular formula is C19H14F2N4O2S. The number of nitrogens with zero attached hydrogens (tertiary/aromatic N) is 4. The molecule has 0 bridgehead atoms. The minimum atomic E-state index is -0.975. The first-order valence-corrected chi connectivity index (χ1v) is 9.11. The Balaban J connectivity index is 1.52. The largest absolute Gasteiger partial charge is 0.484 e. The molecule has 0 saturated carbocycles. The summed E-state index contributed by atoms with van der Waals surface area (Å²) in [6.07, 6.45) is 1.27. The predicted molar refractivity (Wildman–Crippen MR) is 98.1 cm³/mol. The maximum atomic E-state index is 13.6. The lowest BCUT2D eigenvalue weighted by Gasteiger charge is -2.07. The molecule has 4 rings (SSSR count). The van der Waals surface area contributed by atoms with Gasteiger partial charge in [-0.15, -0.1) is 10.2 Å². The fourth-order valence-electron chi connectivity index (χ4n) is 2.53. The zero-order valence-corrected chi connectivity index (χ0v) is 15.8. The number of hydrogen-bond acceptors (Lipinski definition) is 7. The number of aryl methyl sites for hydroxylation is 2. The van der Waals surface area contributed by atoms with E-state index in [9.17, 15) is 8.78 Å². The van der Waals surface area contributed by atoms with Gasteiger partial charge in [-0.25, -0.2) is 18.7 Å². The van der Waals surface area contributed by atoms with E-state index in [0.29, 0.717) is 16.3 Å². The van der Waals surface area contributed by atoms with Crippen LogP contribution in [0.1, 0.15) is 17.0 Å². The number of halogens is 2. The maximum absolute atomic E-state index is 13.6. The molecule has 0 aliphatic rings. The molecule has 9 heteroatoms. The number of aromatic nitrogens is 4. The van der Waals surface area contributed by atoms with Gasteiger partial charge in [0.25, 0.3) is 11.1 Å². The van der Waals surface area contributed by atoms with Crippen molar-refractivity contribution in [1.82, 2.24) is 20.2 Å². The van der Waals surface area contributed by atoms with Gasteiger partial charge in [0.15, 0.2) is 18.2 Å². The highest BCUT2D eigenvalue weighted by Crippen LogP contribution is 2.31. The molecule has 142 valence electrons. The van der Waals surface area contributed by atoms with Crippen LogP contribution in [0, 0.1) is 25.5 Å². The van der Waals surface area contributed by atoms with Crippen LogP contribution in [0.15, 0.2) is 51.3 Å². The number of ether oxygens (including phenoxy) is 1. The topological polar surface area (TPSA) is 73.9 Å². The third kappa shape index (κ3) is 3.79. The van der Waals surface area contributed by atoms with Crippen molar-refractivity contribution in [3.63, 3.8) is 0 Å². The van der Waals surface area contributed by atoms with E-state index in [0.717, 1.165) is 40.8 Å². The van der Waals surface area contributed by atoms with Crippen molar-refractivity contribution < 1.29 is 17.9 Å². The van der Waals surface area contributed by atoms with Crippen molar-refractivity contribution in [1.29, 1.82) is 0 Å². The second-order valence-electron chi connectivity index (χ2n) is 6.08. The molecule has 0 N–H and O–H groups in total. The van der Waals surface area contributed by atoms with Gasteiger partial charge in [-0.3, -0.25) is 0 Å². The molecule has 2 heterocycles. The van der Waals surface area contributed by atoms with Gasteiger partial charge in [0, 0.05) is 11.5 Å². The monoisotopic (exact) mass is 400 g/mol. The Kier molecular flexibility index (Phi) is 4.91. The number of rotatable bonds is 5. The molecule has 0 aliphatic carbocycles. The first kappa shape index (κ1) is 18.3. The lowest BCUT2D eigenvalue weighted by atomic mass is 10.1. The van der Waals surface area contributed by atoms with Crippen molar-refractivity contribution in [2.24, 2.45) is 0 Å². The normalized spacial score (nSPS) is 11.1. The molecule has 0 fully saturated rings. The quantitative estimate of drug-likeness (QED) is 0.452. The highest BCUT2D eigenvalue weighted by molar-refractivity contribution is 7.99. The average molecular weight is 400 g/mol. The summed E-state index contributed by atoms with van der Waals surface area (Å²) in [5, 5.41) is 8.86. The Bertz CT molecular complexity index is 1170. The number of benzene rings is 2. The van der Waals surface area contributed by atoms with Gasteiger partial charge in [0.1, 0.15) is 17.1 Å². The van der Waals surface area contributed by atoms with Crippen molar-refractivity contribution in [2.45, 2.75) is 30.7 Å². The second-order valence-corrected chi connectivity index (χ2v) is 7.02. The summed E-state index contributed by atoms with van der Waals surface area (Å²) in [5.74, 6) is -0.909. The van der Waals surface area contributed by atoms with Gasteiger partial charge in [-0.05, 0) is 48.9 Å². The second kappa shape index (κ2) is 7.51. The van der Waals surface area contributed by atoms with Crippen LogP contribution < -0.4 is 4.74 Å². The molecule has 0 spiro atoms. The smallest absolute Gasteiger partial charge is 0.283 e. The molecule has 6 nitrogen and oxygen atoms in total. The molecule has 0 aliphatic heterocycles. The Labute approximate surface area is 163 Å². The summed E-state index contributed by atoms with van der Waals surface area (Å²) >= 11 is 1.04. The van der Waals surface area contributed by atoms with Gasteiger partial charge >= 0.3 is 0 Å². The van der Waals surface area contributed by atoms with E-state index >= 15 is 0 Å². The van der Waals surface area contributed by atoms with Crippen LogP contribution in [0.3, 0.4) is 0 Å². The zero-order chi connectivity index (χ0) is 19.7. The van der Waals surface area contributed by atoms with E-state index in [1.807, 2.05) is 32.0 Å². The fraction of sp³-hybridized carbons (Fsp3) is 0.158. The molecule has 4 aromatic rings. The van der Waals surface area contributed by atoms with Crippen LogP contribution in [0.5, 0.6) is 5.75 Å². The van der Waals surface area contributed by atoms with Gasteiger partial charge in [-0.1, -0.05) is 12.1 Å². The van der Waals surface area contributed by atoms with Gasteiger partial charge in [0.2, 0.25) is 0 Å². The van der Waals surface area contributed by atoms with Crippen LogP contribution in [0.25, 0.3) is 10.9 Å². The van der Waals surface area contributed by atoms with Crippen LogP contribution in [-0.2, 0) is 6.61 Å². The molecule has 0 atom stereocenters. The summed E-state index contributed by atoms with van der Waals surface area (Å²) in [4.78, 5) is 8.05. The van der Waals surface area contributed by atoms with Crippen LogP contribution in [0.4, 0.5) is 8.78 Å². The first-order chi connectivity index (χ1) is 13.5. The molecule has 0 saturated heterocycles. The summed E-state index contributed by atoms with van der Waals surface area (Å²) in [6.45, 7) is 4.04. The summed E-state index contributed by atoms with van der Waals surface area (Å²) in [5.41, 5.74) is 2.37. The molecule has 0 unspecified atom stereocenters. The Morgan fingerprint density at radius 3 is 2.71 bits per heavy atom. The Hall–Kier alpha value is -3.07. The molecule has 28 heavy (non-hydrogen) atoms. The number of hydrogen-bond donors (Lipinski definition) is 0. The average Bonchev–Trinajstić information content (AvgIpc) is 3.11. The van der Waals surface area contributed by atoms with E-state index in [4.69, 9.17) is 9.15 Å². The zero-order valence-electron chi connectivity index (χ0n) is 14.9. The summed E-state index contributed by atoms with van der Waals surface area (Å²) in [6, 6.07) is 7.98. The minimum Gasteiger partial charge on any atom is -0.484 e. The lowest BCUT2D eigenvalue weighted by Crippen LogP contribution is -1.97. The predicted octanol–water partition coefficient (Wildman–Crippen LogP) is 4.64. The van der Waals surface area contributed by atoms with Gasteiger partial charge in [0.05, 0.1) is 5.52 Å². The highest BCUT2D eigenvalue weighted by atomic mass is 32.2. The molecule has 2 aromatic heterocycles.